The van der Waals surface area contributed by atoms with Gasteiger partial charge in [0.1, 0.15) is 5.78 Å². The van der Waals surface area contributed by atoms with Gasteiger partial charge in [0.05, 0.1) is 0 Å². The van der Waals surface area contributed by atoms with E-state index >= 15 is 0 Å². The van der Waals surface area contributed by atoms with E-state index in [1.807, 2.05) is 18.2 Å². The van der Waals surface area contributed by atoms with E-state index in [9.17, 15) is 4.79 Å². The third-order valence-electron chi connectivity index (χ3n) is 3.61. The van der Waals surface area contributed by atoms with Crippen molar-refractivity contribution in [3.63, 3.8) is 0 Å². The molecule has 1 saturated carbocycles. The van der Waals surface area contributed by atoms with Crippen molar-refractivity contribution >= 4 is 5.78 Å². The largest absolute Gasteiger partial charge is 0.327 e. The van der Waals surface area contributed by atoms with Crippen LogP contribution in [0.25, 0.3) is 0 Å². The number of Topliss-reactive ketones (excluding diaryl/α,β-unsaturated/α-hetero) is 1. The number of rotatable bonds is 3. The Kier molecular flexibility index (Phi) is 3.39. The second kappa shape index (κ2) is 4.79. The quantitative estimate of drug-likeness (QED) is 0.843. The average Bonchev–Trinajstić information content (AvgIpc) is 2.68. The number of ketones is 1. The van der Waals surface area contributed by atoms with Crippen LogP contribution in [0.5, 0.6) is 0 Å². The van der Waals surface area contributed by atoms with E-state index in [0.29, 0.717) is 12.2 Å². The lowest BCUT2D eigenvalue weighted by atomic mass is 9.92. The minimum Gasteiger partial charge on any atom is -0.327 e. The summed E-state index contributed by atoms with van der Waals surface area (Å²) in [5.41, 5.74) is 8.29. The van der Waals surface area contributed by atoms with Gasteiger partial charge in [-0.15, -0.1) is 0 Å². The van der Waals surface area contributed by atoms with Crippen LogP contribution in [-0.4, -0.2) is 11.8 Å². The molecule has 1 aromatic rings. The lowest BCUT2D eigenvalue weighted by Crippen LogP contribution is -2.31. The summed E-state index contributed by atoms with van der Waals surface area (Å²) in [7, 11) is 0. The molecule has 0 aromatic heterocycles. The first-order chi connectivity index (χ1) is 7.68. The lowest BCUT2D eigenvalue weighted by Gasteiger charge is -2.14. The molecule has 0 heterocycles. The van der Waals surface area contributed by atoms with E-state index in [-0.39, 0.29) is 12.0 Å². The van der Waals surface area contributed by atoms with Crippen molar-refractivity contribution in [2.75, 3.05) is 0 Å². The Morgan fingerprint density at radius 3 is 2.75 bits per heavy atom. The van der Waals surface area contributed by atoms with Gasteiger partial charge in [0.25, 0.3) is 0 Å². The van der Waals surface area contributed by atoms with Gasteiger partial charge in [0.15, 0.2) is 0 Å². The van der Waals surface area contributed by atoms with Gasteiger partial charge in [-0.3, -0.25) is 4.79 Å². The number of hydrogen-bond donors (Lipinski definition) is 1. The van der Waals surface area contributed by atoms with Crippen LogP contribution in [0.15, 0.2) is 24.3 Å². The second-order valence-corrected chi connectivity index (χ2v) is 4.77. The molecule has 0 aliphatic heterocycles. The molecule has 2 N–H and O–H groups in total. The van der Waals surface area contributed by atoms with Gasteiger partial charge in [-0.2, -0.15) is 0 Å². The van der Waals surface area contributed by atoms with Crippen LogP contribution in [0.3, 0.4) is 0 Å². The first-order valence-electron chi connectivity index (χ1n) is 6.01. The number of carbonyl (C=O) groups excluding carboxylic acids is 1. The topological polar surface area (TPSA) is 43.1 Å². The summed E-state index contributed by atoms with van der Waals surface area (Å²) in [5, 5.41) is 0. The summed E-state index contributed by atoms with van der Waals surface area (Å²) in [5.74, 6) is 0.416. The van der Waals surface area contributed by atoms with Gasteiger partial charge < -0.3 is 5.73 Å². The summed E-state index contributed by atoms with van der Waals surface area (Å²) in [6.45, 7) is 2.05. The van der Waals surface area contributed by atoms with E-state index in [4.69, 9.17) is 5.73 Å². The fraction of sp³-hybridized carbons (Fsp3) is 0.500. The summed E-state index contributed by atoms with van der Waals surface area (Å²) >= 11 is 0. The smallest absolute Gasteiger partial charge is 0.141 e. The number of nitrogens with two attached hydrogens (primary N) is 1. The predicted molar refractivity (Wildman–Crippen MR) is 65.2 cm³/mol. The fourth-order valence-electron chi connectivity index (χ4n) is 2.52. The molecule has 1 aliphatic rings. The highest BCUT2D eigenvalue weighted by Crippen LogP contribution is 2.26. The standard InChI is InChI=1S/C14H19NO/c1-10-5-2-3-6-11(10)9-14(16)12-7-4-8-13(12)15/h2-3,5-6,12-13H,4,7-9,15H2,1H3. The minimum atomic E-state index is 0.0940. The fourth-order valence-corrected chi connectivity index (χ4v) is 2.52. The molecule has 2 nitrogen and oxygen atoms in total. The van der Waals surface area contributed by atoms with Crippen molar-refractivity contribution in [1.82, 2.24) is 0 Å². The molecule has 16 heavy (non-hydrogen) atoms. The summed E-state index contributed by atoms with van der Waals surface area (Å²) in [4.78, 5) is 12.1. The van der Waals surface area contributed by atoms with E-state index in [0.717, 1.165) is 24.8 Å². The van der Waals surface area contributed by atoms with Crippen molar-refractivity contribution in [3.05, 3.63) is 35.4 Å². The maximum atomic E-state index is 12.1. The lowest BCUT2D eigenvalue weighted by molar-refractivity contribution is -0.122. The molecular formula is C14H19NO. The van der Waals surface area contributed by atoms with Gasteiger partial charge in [-0.25, -0.2) is 0 Å². The maximum absolute atomic E-state index is 12.1. The number of benzene rings is 1. The van der Waals surface area contributed by atoms with Crippen molar-refractivity contribution in [3.8, 4) is 0 Å². The Balaban J connectivity index is 2.05. The third kappa shape index (κ3) is 2.33. The zero-order valence-corrected chi connectivity index (χ0v) is 9.78. The van der Waals surface area contributed by atoms with Crippen molar-refractivity contribution in [1.29, 1.82) is 0 Å². The predicted octanol–water partition coefficient (Wildman–Crippen LogP) is 2.23. The Hall–Kier alpha value is -1.15. The minimum absolute atomic E-state index is 0.0940. The Labute approximate surface area is 96.8 Å². The number of hydrogen-bond acceptors (Lipinski definition) is 2. The molecule has 0 radical (unpaired) electrons. The van der Waals surface area contributed by atoms with Gasteiger partial charge in [-0.1, -0.05) is 30.7 Å². The van der Waals surface area contributed by atoms with Crippen LogP contribution in [-0.2, 0) is 11.2 Å². The first-order valence-corrected chi connectivity index (χ1v) is 6.01. The highest BCUT2D eigenvalue weighted by atomic mass is 16.1. The maximum Gasteiger partial charge on any atom is 0.141 e. The van der Waals surface area contributed by atoms with Crippen LogP contribution < -0.4 is 5.73 Å². The van der Waals surface area contributed by atoms with Crippen LogP contribution in [0.4, 0.5) is 0 Å². The average molecular weight is 217 g/mol. The monoisotopic (exact) mass is 217 g/mol. The number of carbonyl (C=O) groups is 1. The molecule has 1 fully saturated rings. The van der Waals surface area contributed by atoms with Crippen molar-refractivity contribution in [2.45, 2.75) is 38.6 Å². The van der Waals surface area contributed by atoms with Gasteiger partial charge in [0.2, 0.25) is 0 Å². The Bertz CT molecular complexity index is 386. The third-order valence-corrected chi connectivity index (χ3v) is 3.61. The molecule has 0 bridgehead atoms. The highest BCUT2D eigenvalue weighted by Gasteiger charge is 2.29. The second-order valence-electron chi connectivity index (χ2n) is 4.77. The van der Waals surface area contributed by atoms with Crippen LogP contribution in [0, 0.1) is 12.8 Å². The molecule has 2 unspecified atom stereocenters. The normalized spacial score (nSPS) is 24.6. The summed E-state index contributed by atoms with van der Waals surface area (Å²) < 4.78 is 0. The summed E-state index contributed by atoms with van der Waals surface area (Å²) in [6.07, 6.45) is 3.63. The van der Waals surface area contributed by atoms with E-state index < -0.39 is 0 Å². The van der Waals surface area contributed by atoms with E-state index in [1.54, 1.807) is 0 Å². The Morgan fingerprint density at radius 1 is 1.38 bits per heavy atom. The molecule has 2 atom stereocenters. The van der Waals surface area contributed by atoms with E-state index in [2.05, 4.69) is 13.0 Å². The highest BCUT2D eigenvalue weighted by molar-refractivity contribution is 5.84. The Morgan fingerprint density at radius 2 is 2.12 bits per heavy atom. The molecule has 86 valence electrons. The summed E-state index contributed by atoms with van der Waals surface area (Å²) in [6, 6.07) is 8.18. The van der Waals surface area contributed by atoms with Crippen LogP contribution in [0.2, 0.25) is 0 Å². The molecule has 1 aliphatic carbocycles. The van der Waals surface area contributed by atoms with Crippen molar-refractivity contribution < 1.29 is 4.79 Å². The molecule has 2 rings (SSSR count). The van der Waals surface area contributed by atoms with Crippen LogP contribution in [0.1, 0.15) is 30.4 Å². The first kappa shape index (κ1) is 11.3. The molecule has 2 heteroatoms. The SMILES string of the molecule is Cc1ccccc1CC(=O)C1CCCC1N. The van der Waals surface area contributed by atoms with E-state index in [1.165, 1.54) is 5.56 Å². The number of aryl methyl sites for hydroxylation is 1. The van der Waals surface area contributed by atoms with Gasteiger partial charge in [-0.05, 0) is 30.9 Å². The van der Waals surface area contributed by atoms with Crippen molar-refractivity contribution in [2.24, 2.45) is 11.7 Å². The van der Waals surface area contributed by atoms with Crippen LogP contribution >= 0.6 is 0 Å². The molecular weight excluding hydrogens is 198 g/mol. The molecule has 1 aromatic carbocycles. The molecule has 0 amide bonds. The molecule has 0 spiro atoms. The zero-order chi connectivity index (χ0) is 11.5. The van der Waals surface area contributed by atoms with Gasteiger partial charge in [0, 0.05) is 18.4 Å². The molecule has 0 saturated heterocycles. The van der Waals surface area contributed by atoms with Gasteiger partial charge >= 0.3 is 0 Å². The zero-order valence-electron chi connectivity index (χ0n) is 9.78.